The third-order valence-electron chi connectivity index (χ3n) is 2.25. The first-order valence-corrected chi connectivity index (χ1v) is 5.92. The molecular formula is C11H16N2O2S. The van der Waals surface area contributed by atoms with E-state index in [4.69, 9.17) is 5.73 Å². The largest absolute Gasteiger partial charge is 0.368 e. The molecule has 0 saturated carbocycles. The van der Waals surface area contributed by atoms with Crippen molar-refractivity contribution in [2.24, 2.45) is 5.73 Å². The minimum atomic E-state index is -0.501. The predicted octanol–water partition coefficient (Wildman–Crippen LogP) is 1.43. The van der Waals surface area contributed by atoms with E-state index in [1.54, 1.807) is 7.05 Å². The van der Waals surface area contributed by atoms with Gasteiger partial charge in [-0.05, 0) is 22.9 Å². The smallest absolute Gasteiger partial charge is 0.264 e. The van der Waals surface area contributed by atoms with Crippen LogP contribution in [-0.2, 0) is 4.79 Å². The van der Waals surface area contributed by atoms with E-state index in [2.05, 4.69) is 0 Å². The van der Waals surface area contributed by atoms with E-state index in [9.17, 15) is 9.59 Å². The van der Waals surface area contributed by atoms with Gasteiger partial charge < -0.3 is 10.6 Å². The first-order valence-electron chi connectivity index (χ1n) is 5.04. The lowest BCUT2D eigenvalue weighted by Gasteiger charge is -2.15. The molecule has 0 fully saturated rings. The van der Waals surface area contributed by atoms with Crippen molar-refractivity contribution in [2.75, 3.05) is 13.6 Å². The minimum Gasteiger partial charge on any atom is -0.368 e. The number of nitrogens with two attached hydrogens (primary N) is 1. The Kier molecular flexibility index (Phi) is 4.06. The summed E-state index contributed by atoms with van der Waals surface area (Å²) in [5, 5.41) is 1.89. The lowest BCUT2D eigenvalue weighted by molar-refractivity contribution is -0.118. The van der Waals surface area contributed by atoms with E-state index in [-0.39, 0.29) is 12.5 Å². The molecule has 0 aromatic carbocycles. The first kappa shape index (κ1) is 12.7. The van der Waals surface area contributed by atoms with Gasteiger partial charge in [0.25, 0.3) is 5.91 Å². The number of amides is 2. The zero-order chi connectivity index (χ0) is 12.3. The van der Waals surface area contributed by atoms with Crippen molar-refractivity contribution >= 4 is 23.2 Å². The Balaban J connectivity index is 2.87. The van der Waals surface area contributed by atoms with E-state index < -0.39 is 5.91 Å². The molecule has 1 aromatic heterocycles. The standard InChI is InChI=1S/C11H16N2O2S/c1-7(2)8-4-5-16-10(8)11(15)13(3)6-9(12)14/h4-5,7H,6H2,1-3H3,(H2,12,14). The molecule has 88 valence electrons. The zero-order valence-corrected chi connectivity index (χ0v) is 10.5. The SMILES string of the molecule is CC(C)c1ccsc1C(=O)N(C)CC(N)=O. The highest BCUT2D eigenvalue weighted by molar-refractivity contribution is 7.12. The fourth-order valence-electron chi connectivity index (χ4n) is 1.43. The molecule has 0 aliphatic rings. The third-order valence-corrected chi connectivity index (χ3v) is 3.17. The number of carbonyl (C=O) groups is 2. The summed E-state index contributed by atoms with van der Waals surface area (Å²) in [5.74, 6) is -0.344. The summed E-state index contributed by atoms with van der Waals surface area (Å²) in [6.45, 7) is 4.02. The van der Waals surface area contributed by atoms with Crippen LogP contribution in [0, 0.1) is 0 Å². The molecule has 1 aromatic rings. The molecule has 2 amide bonds. The molecule has 1 rings (SSSR count). The van der Waals surface area contributed by atoms with Gasteiger partial charge in [-0.1, -0.05) is 13.8 Å². The van der Waals surface area contributed by atoms with Crippen LogP contribution in [0.4, 0.5) is 0 Å². The molecule has 4 nitrogen and oxygen atoms in total. The van der Waals surface area contributed by atoms with Gasteiger partial charge in [-0.25, -0.2) is 0 Å². The van der Waals surface area contributed by atoms with Gasteiger partial charge in [-0.15, -0.1) is 11.3 Å². The van der Waals surface area contributed by atoms with Crippen molar-refractivity contribution in [1.82, 2.24) is 4.90 Å². The molecule has 1 heterocycles. The van der Waals surface area contributed by atoms with Crippen molar-refractivity contribution in [1.29, 1.82) is 0 Å². The molecular weight excluding hydrogens is 224 g/mol. The molecule has 0 radical (unpaired) electrons. The van der Waals surface area contributed by atoms with Crippen LogP contribution in [0.5, 0.6) is 0 Å². The molecule has 0 atom stereocenters. The van der Waals surface area contributed by atoms with E-state index >= 15 is 0 Å². The molecule has 0 aliphatic carbocycles. The molecule has 5 heteroatoms. The maximum Gasteiger partial charge on any atom is 0.264 e. The molecule has 2 N–H and O–H groups in total. The number of primary amides is 1. The fourth-order valence-corrected chi connectivity index (χ4v) is 2.47. The Bertz CT molecular complexity index is 398. The van der Waals surface area contributed by atoms with Crippen molar-refractivity contribution in [3.05, 3.63) is 21.9 Å². The van der Waals surface area contributed by atoms with Gasteiger partial charge in [0.15, 0.2) is 0 Å². The molecule has 0 saturated heterocycles. The zero-order valence-electron chi connectivity index (χ0n) is 9.69. The molecule has 0 bridgehead atoms. The topological polar surface area (TPSA) is 63.4 Å². The van der Waals surface area contributed by atoms with Crippen LogP contribution >= 0.6 is 11.3 Å². The van der Waals surface area contributed by atoms with E-state index in [1.807, 2.05) is 25.3 Å². The Hall–Kier alpha value is -1.36. The van der Waals surface area contributed by atoms with Crippen LogP contribution in [0.1, 0.15) is 35.0 Å². The second-order valence-electron chi connectivity index (χ2n) is 3.99. The highest BCUT2D eigenvalue weighted by Gasteiger charge is 2.19. The summed E-state index contributed by atoms with van der Waals surface area (Å²) >= 11 is 1.40. The van der Waals surface area contributed by atoms with Gasteiger partial charge in [-0.3, -0.25) is 9.59 Å². The van der Waals surface area contributed by atoms with Crippen LogP contribution in [0.3, 0.4) is 0 Å². The lowest BCUT2D eigenvalue weighted by Crippen LogP contribution is -2.35. The van der Waals surface area contributed by atoms with Gasteiger partial charge in [0.1, 0.15) is 0 Å². The van der Waals surface area contributed by atoms with Crippen molar-refractivity contribution < 1.29 is 9.59 Å². The normalized spacial score (nSPS) is 10.5. The van der Waals surface area contributed by atoms with E-state index in [0.29, 0.717) is 10.8 Å². The minimum absolute atomic E-state index is 0.0474. The number of hydrogen-bond acceptors (Lipinski definition) is 3. The van der Waals surface area contributed by atoms with Gasteiger partial charge >= 0.3 is 0 Å². The average molecular weight is 240 g/mol. The van der Waals surface area contributed by atoms with E-state index in [1.165, 1.54) is 16.2 Å². The monoisotopic (exact) mass is 240 g/mol. The molecule has 0 unspecified atom stereocenters. The molecule has 0 aliphatic heterocycles. The van der Waals surface area contributed by atoms with Gasteiger partial charge in [0, 0.05) is 7.05 Å². The maximum absolute atomic E-state index is 12.0. The second kappa shape index (κ2) is 5.12. The Morgan fingerprint density at radius 2 is 2.12 bits per heavy atom. The number of thiophene rings is 1. The van der Waals surface area contributed by atoms with E-state index in [0.717, 1.165) is 5.56 Å². The van der Waals surface area contributed by atoms with Crippen LogP contribution in [0.25, 0.3) is 0 Å². The number of nitrogens with zero attached hydrogens (tertiary/aromatic N) is 1. The maximum atomic E-state index is 12.0. The van der Waals surface area contributed by atoms with Crippen molar-refractivity contribution in [2.45, 2.75) is 19.8 Å². The quantitative estimate of drug-likeness (QED) is 0.865. The van der Waals surface area contributed by atoms with Gasteiger partial charge in [-0.2, -0.15) is 0 Å². The molecule has 16 heavy (non-hydrogen) atoms. The third kappa shape index (κ3) is 2.82. The van der Waals surface area contributed by atoms with Crippen molar-refractivity contribution in [3.63, 3.8) is 0 Å². The Morgan fingerprint density at radius 3 is 2.62 bits per heavy atom. The number of likely N-dealkylation sites (N-methyl/N-ethyl adjacent to an activating group) is 1. The number of hydrogen-bond donors (Lipinski definition) is 1. The summed E-state index contributed by atoms with van der Waals surface area (Å²) in [6, 6.07) is 1.95. The fraction of sp³-hybridized carbons (Fsp3) is 0.455. The highest BCUT2D eigenvalue weighted by Crippen LogP contribution is 2.25. The number of carbonyl (C=O) groups excluding carboxylic acids is 2. The Morgan fingerprint density at radius 1 is 1.50 bits per heavy atom. The van der Waals surface area contributed by atoms with Crippen LogP contribution < -0.4 is 5.73 Å². The summed E-state index contributed by atoms with van der Waals surface area (Å²) in [4.78, 5) is 24.8. The number of rotatable bonds is 4. The summed E-state index contributed by atoms with van der Waals surface area (Å²) in [7, 11) is 1.58. The average Bonchev–Trinajstić information content (AvgIpc) is 2.63. The summed E-state index contributed by atoms with van der Waals surface area (Å²) < 4.78 is 0. The second-order valence-corrected chi connectivity index (χ2v) is 4.90. The highest BCUT2D eigenvalue weighted by atomic mass is 32.1. The van der Waals surface area contributed by atoms with Crippen molar-refractivity contribution in [3.8, 4) is 0 Å². The lowest BCUT2D eigenvalue weighted by atomic mass is 10.0. The summed E-state index contributed by atoms with van der Waals surface area (Å²) in [5.41, 5.74) is 6.07. The Labute approximate surface area is 99.0 Å². The van der Waals surface area contributed by atoms with Crippen LogP contribution in [0.2, 0.25) is 0 Å². The van der Waals surface area contributed by atoms with Gasteiger partial charge in [0.05, 0.1) is 11.4 Å². The first-order chi connectivity index (χ1) is 7.43. The van der Waals surface area contributed by atoms with Gasteiger partial charge in [0.2, 0.25) is 5.91 Å². The van der Waals surface area contributed by atoms with Crippen LogP contribution in [-0.4, -0.2) is 30.3 Å². The molecule has 0 spiro atoms. The summed E-state index contributed by atoms with van der Waals surface area (Å²) in [6.07, 6.45) is 0. The predicted molar refractivity (Wildman–Crippen MR) is 64.6 cm³/mol. The van der Waals surface area contributed by atoms with Crippen LogP contribution in [0.15, 0.2) is 11.4 Å².